The van der Waals surface area contributed by atoms with Crippen LogP contribution in [0.2, 0.25) is 0 Å². The highest BCUT2D eigenvalue weighted by Crippen LogP contribution is 2.28. The van der Waals surface area contributed by atoms with E-state index >= 15 is 0 Å². The number of para-hydroxylation sites is 1. The molecule has 4 nitrogen and oxygen atoms in total. The third-order valence-electron chi connectivity index (χ3n) is 3.10. The van der Waals surface area contributed by atoms with Gasteiger partial charge in [-0.05, 0) is 24.5 Å². The van der Waals surface area contributed by atoms with Gasteiger partial charge in [-0.25, -0.2) is 8.42 Å². The maximum absolute atomic E-state index is 12.1. The van der Waals surface area contributed by atoms with Crippen molar-refractivity contribution in [2.24, 2.45) is 0 Å². The van der Waals surface area contributed by atoms with Crippen LogP contribution in [0.15, 0.2) is 54.6 Å². The Morgan fingerprint density at radius 1 is 0.905 bits per heavy atom. The Hall–Kier alpha value is -1.85. The maximum Gasteiger partial charge on any atom is 0.232 e. The molecular formula is C16H19NO3S. The smallest absolute Gasteiger partial charge is 0.232 e. The van der Waals surface area contributed by atoms with Crippen LogP contribution < -0.4 is 4.72 Å². The molecule has 0 aliphatic carbocycles. The molecule has 0 heterocycles. The first-order chi connectivity index (χ1) is 10.1. The van der Waals surface area contributed by atoms with E-state index in [0.29, 0.717) is 18.5 Å². The Labute approximate surface area is 125 Å². The van der Waals surface area contributed by atoms with E-state index in [-0.39, 0.29) is 12.4 Å². The molecule has 5 heteroatoms. The van der Waals surface area contributed by atoms with Crippen molar-refractivity contribution in [1.82, 2.24) is 0 Å². The number of anilines is 1. The van der Waals surface area contributed by atoms with Crippen LogP contribution in [-0.2, 0) is 10.0 Å². The van der Waals surface area contributed by atoms with Crippen LogP contribution in [0.4, 0.5) is 5.69 Å². The lowest BCUT2D eigenvalue weighted by Gasteiger charge is -2.12. The Bertz CT molecular complexity index is 669. The van der Waals surface area contributed by atoms with Crippen LogP contribution in [0.3, 0.4) is 0 Å². The molecule has 0 aliphatic heterocycles. The lowest BCUT2D eigenvalue weighted by Crippen LogP contribution is -2.17. The van der Waals surface area contributed by atoms with Crippen LogP contribution in [0, 0.1) is 0 Å². The second-order valence-electron chi connectivity index (χ2n) is 4.76. The second-order valence-corrected chi connectivity index (χ2v) is 6.61. The average molecular weight is 305 g/mol. The van der Waals surface area contributed by atoms with Gasteiger partial charge in [0.2, 0.25) is 10.0 Å². The van der Waals surface area contributed by atoms with Crippen molar-refractivity contribution in [3.8, 4) is 11.1 Å². The first kappa shape index (κ1) is 15.5. The molecular weight excluding hydrogens is 286 g/mol. The summed E-state index contributed by atoms with van der Waals surface area (Å²) in [6.45, 7) is 0.0100. The number of rotatable bonds is 7. The molecule has 0 spiro atoms. The third-order valence-corrected chi connectivity index (χ3v) is 4.46. The summed E-state index contributed by atoms with van der Waals surface area (Å²) in [5, 5.41) is 8.73. The quantitative estimate of drug-likeness (QED) is 0.773. The molecule has 21 heavy (non-hydrogen) atoms. The van der Waals surface area contributed by atoms with E-state index in [1.54, 1.807) is 12.1 Å². The van der Waals surface area contributed by atoms with Crippen LogP contribution in [-0.4, -0.2) is 25.9 Å². The van der Waals surface area contributed by atoms with Crippen molar-refractivity contribution in [2.45, 2.75) is 12.8 Å². The van der Waals surface area contributed by atoms with E-state index < -0.39 is 10.0 Å². The summed E-state index contributed by atoms with van der Waals surface area (Å²) in [5.74, 6) is 0.0106. The van der Waals surface area contributed by atoms with Gasteiger partial charge >= 0.3 is 0 Å². The van der Waals surface area contributed by atoms with Gasteiger partial charge in [0.05, 0.1) is 11.4 Å². The summed E-state index contributed by atoms with van der Waals surface area (Å²) in [6, 6.07) is 17.0. The summed E-state index contributed by atoms with van der Waals surface area (Å²) >= 11 is 0. The summed E-state index contributed by atoms with van der Waals surface area (Å²) in [4.78, 5) is 0. The fourth-order valence-corrected chi connectivity index (χ4v) is 3.26. The molecule has 112 valence electrons. The van der Waals surface area contributed by atoms with E-state index in [1.165, 1.54) is 0 Å². The van der Waals surface area contributed by atoms with E-state index in [2.05, 4.69) is 4.72 Å². The zero-order valence-corrected chi connectivity index (χ0v) is 12.5. The van der Waals surface area contributed by atoms with Crippen molar-refractivity contribution in [3.63, 3.8) is 0 Å². The van der Waals surface area contributed by atoms with Crippen molar-refractivity contribution in [3.05, 3.63) is 54.6 Å². The lowest BCUT2D eigenvalue weighted by atomic mass is 10.0. The second kappa shape index (κ2) is 7.24. The molecule has 0 aromatic heterocycles. The van der Waals surface area contributed by atoms with Crippen LogP contribution in [0.5, 0.6) is 0 Å². The minimum atomic E-state index is -3.40. The zero-order valence-electron chi connectivity index (χ0n) is 11.7. The van der Waals surface area contributed by atoms with Crippen LogP contribution >= 0.6 is 0 Å². The van der Waals surface area contributed by atoms with Gasteiger partial charge in [0.1, 0.15) is 0 Å². The normalized spacial score (nSPS) is 11.3. The van der Waals surface area contributed by atoms with Gasteiger partial charge in [-0.3, -0.25) is 4.72 Å². The molecule has 0 bridgehead atoms. The number of aliphatic hydroxyl groups excluding tert-OH is 1. The molecule has 2 rings (SSSR count). The summed E-state index contributed by atoms with van der Waals surface area (Å²) in [7, 11) is -3.40. The molecule has 0 atom stereocenters. The summed E-state index contributed by atoms with van der Waals surface area (Å²) < 4.78 is 26.8. The molecule has 2 N–H and O–H groups in total. The number of benzene rings is 2. The number of sulfonamides is 1. The molecule has 2 aromatic carbocycles. The number of nitrogens with one attached hydrogen (secondary N) is 1. The standard InChI is InChI=1S/C16H19NO3S/c18-12-6-7-13-21(19,20)17-16-11-5-4-10-15(16)14-8-2-1-3-9-14/h1-5,8-11,17-18H,6-7,12-13H2. The number of aliphatic hydroxyl groups is 1. The Balaban J connectivity index is 2.21. The van der Waals surface area contributed by atoms with E-state index in [4.69, 9.17) is 5.11 Å². The maximum atomic E-state index is 12.1. The monoisotopic (exact) mass is 305 g/mol. The van der Waals surface area contributed by atoms with E-state index in [1.807, 2.05) is 42.5 Å². The zero-order chi connectivity index (χ0) is 15.1. The van der Waals surface area contributed by atoms with Crippen LogP contribution in [0.25, 0.3) is 11.1 Å². The molecule has 0 saturated heterocycles. The van der Waals surface area contributed by atoms with Gasteiger partial charge in [-0.15, -0.1) is 0 Å². The topological polar surface area (TPSA) is 66.4 Å². The predicted octanol–water partition coefficient (Wildman–Crippen LogP) is 2.87. The number of unbranched alkanes of at least 4 members (excludes halogenated alkanes) is 1. The SMILES string of the molecule is O=S(=O)(CCCCO)Nc1ccccc1-c1ccccc1. The fraction of sp³-hybridized carbons (Fsp3) is 0.250. The van der Waals surface area contributed by atoms with Gasteiger partial charge in [-0.2, -0.15) is 0 Å². The first-order valence-electron chi connectivity index (χ1n) is 6.88. The fourth-order valence-electron chi connectivity index (χ4n) is 2.06. The highest BCUT2D eigenvalue weighted by atomic mass is 32.2. The van der Waals surface area contributed by atoms with Crippen molar-refractivity contribution in [2.75, 3.05) is 17.1 Å². The minimum Gasteiger partial charge on any atom is -0.396 e. The van der Waals surface area contributed by atoms with Crippen LogP contribution in [0.1, 0.15) is 12.8 Å². The molecule has 0 aliphatic rings. The minimum absolute atomic E-state index is 0.0100. The Morgan fingerprint density at radius 3 is 2.29 bits per heavy atom. The van der Waals surface area contributed by atoms with Crippen molar-refractivity contribution >= 4 is 15.7 Å². The van der Waals surface area contributed by atoms with Crippen molar-refractivity contribution in [1.29, 1.82) is 0 Å². The van der Waals surface area contributed by atoms with Gasteiger partial charge in [-0.1, -0.05) is 48.5 Å². The number of hydrogen-bond acceptors (Lipinski definition) is 3. The Morgan fingerprint density at radius 2 is 1.57 bits per heavy atom. The predicted molar refractivity (Wildman–Crippen MR) is 85.6 cm³/mol. The highest BCUT2D eigenvalue weighted by Gasteiger charge is 2.13. The van der Waals surface area contributed by atoms with Gasteiger partial charge in [0.25, 0.3) is 0 Å². The molecule has 0 saturated carbocycles. The molecule has 0 amide bonds. The van der Waals surface area contributed by atoms with Crippen molar-refractivity contribution < 1.29 is 13.5 Å². The molecule has 0 radical (unpaired) electrons. The van der Waals surface area contributed by atoms with Gasteiger partial charge in [0, 0.05) is 12.2 Å². The molecule has 0 fully saturated rings. The Kier molecular flexibility index (Phi) is 5.36. The molecule has 2 aromatic rings. The summed E-state index contributed by atoms with van der Waals surface area (Å²) in [6.07, 6.45) is 0.931. The van der Waals surface area contributed by atoms with Gasteiger partial charge in [0.15, 0.2) is 0 Å². The molecule has 0 unspecified atom stereocenters. The first-order valence-corrected chi connectivity index (χ1v) is 8.53. The largest absolute Gasteiger partial charge is 0.396 e. The lowest BCUT2D eigenvalue weighted by molar-refractivity contribution is 0.287. The average Bonchev–Trinajstić information content (AvgIpc) is 2.48. The van der Waals surface area contributed by atoms with E-state index in [0.717, 1.165) is 11.1 Å². The third kappa shape index (κ3) is 4.58. The van der Waals surface area contributed by atoms with Gasteiger partial charge < -0.3 is 5.11 Å². The highest BCUT2D eigenvalue weighted by molar-refractivity contribution is 7.92. The number of hydrogen-bond donors (Lipinski definition) is 2. The van der Waals surface area contributed by atoms with E-state index in [9.17, 15) is 8.42 Å². The summed E-state index contributed by atoms with van der Waals surface area (Å²) in [5.41, 5.74) is 2.39.